The van der Waals surface area contributed by atoms with Crippen LogP contribution in [0.3, 0.4) is 0 Å². The molecule has 0 aliphatic heterocycles. The van der Waals surface area contributed by atoms with Crippen LogP contribution in [0.2, 0.25) is 0 Å². The molecule has 1 aromatic carbocycles. The Morgan fingerprint density at radius 3 is 2.78 bits per heavy atom. The van der Waals surface area contributed by atoms with Gasteiger partial charge < -0.3 is 9.84 Å². The minimum Gasteiger partial charge on any atom is -0.487 e. The molecule has 1 N–H and O–H groups in total. The molecule has 5 nitrogen and oxygen atoms in total. The van der Waals surface area contributed by atoms with Gasteiger partial charge in [-0.1, -0.05) is 26.3 Å². The van der Waals surface area contributed by atoms with Gasteiger partial charge >= 0.3 is 5.69 Å². The maximum atomic E-state index is 10.9. The van der Waals surface area contributed by atoms with Crippen molar-refractivity contribution in [3.8, 4) is 5.75 Å². The first-order valence-corrected chi connectivity index (χ1v) is 6.09. The second-order valence-electron chi connectivity index (χ2n) is 4.42. The molecule has 0 saturated heterocycles. The first-order valence-electron chi connectivity index (χ1n) is 6.09. The first-order chi connectivity index (χ1) is 8.58. The third kappa shape index (κ3) is 4.00. The molecular formula is C13H19NO4. The fourth-order valence-corrected chi connectivity index (χ4v) is 1.73. The van der Waals surface area contributed by atoms with Gasteiger partial charge in [-0.3, -0.25) is 10.1 Å². The molecule has 0 aliphatic rings. The summed E-state index contributed by atoms with van der Waals surface area (Å²) < 4.78 is 5.49. The number of rotatable bonds is 7. The molecule has 1 unspecified atom stereocenters. The summed E-state index contributed by atoms with van der Waals surface area (Å²) >= 11 is 0. The van der Waals surface area contributed by atoms with Crippen LogP contribution in [0.25, 0.3) is 0 Å². The van der Waals surface area contributed by atoms with Crippen LogP contribution in [-0.4, -0.2) is 16.6 Å². The molecule has 0 amide bonds. The highest BCUT2D eigenvalue weighted by Crippen LogP contribution is 2.28. The molecule has 5 heteroatoms. The van der Waals surface area contributed by atoms with E-state index in [1.807, 2.05) is 0 Å². The van der Waals surface area contributed by atoms with E-state index in [4.69, 9.17) is 9.84 Å². The van der Waals surface area contributed by atoms with E-state index < -0.39 is 4.92 Å². The number of benzene rings is 1. The van der Waals surface area contributed by atoms with Crippen molar-refractivity contribution < 1.29 is 14.8 Å². The lowest BCUT2D eigenvalue weighted by Crippen LogP contribution is -2.09. The van der Waals surface area contributed by atoms with Crippen LogP contribution >= 0.6 is 0 Å². The number of ether oxygens (including phenoxy) is 1. The molecular weight excluding hydrogens is 234 g/mol. The van der Waals surface area contributed by atoms with Gasteiger partial charge in [0.2, 0.25) is 0 Å². The zero-order chi connectivity index (χ0) is 13.5. The molecule has 0 aliphatic carbocycles. The Balaban J connectivity index is 2.78. The van der Waals surface area contributed by atoms with Crippen molar-refractivity contribution in [3.63, 3.8) is 0 Å². The Bertz CT molecular complexity index is 406. The summed E-state index contributed by atoms with van der Waals surface area (Å²) in [6.45, 7) is 4.40. The zero-order valence-corrected chi connectivity index (χ0v) is 10.8. The summed E-state index contributed by atoms with van der Waals surface area (Å²) in [6.07, 6.45) is 2.10. The quantitative estimate of drug-likeness (QED) is 0.599. The van der Waals surface area contributed by atoms with Crippen LogP contribution in [0.5, 0.6) is 5.75 Å². The number of aliphatic hydroxyl groups excluding tert-OH is 1. The van der Waals surface area contributed by atoms with Crippen LogP contribution in [-0.2, 0) is 6.61 Å². The summed E-state index contributed by atoms with van der Waals surface area (Å²) in [4.78, 5) is 10.4. The number of hydrogen-bond acceptors (Lipinski definition) is 4. The number of hydrogen-bond donors (Lipinski definition) is 1. The third-order valence-electron chi connectivity index (χ3n) is 2.71. The summed E-state index contributed by atoms with van der Waals surface area (Å²) in [6, 6.07) is 4.52. The Kier molecular flexibility index (Phi) is 5.58. The third-order valence-corrected chi connectivity index (χ3v) is 2.71. The van der Waals surface area contributed by atoms with Crippen molar-refractivity contribution in [3.05, 3.63) is 33.9 Å². The Morgan fingerprint density at radius 2 is 2.22 bits per heavy atom. The lowest BCUT2D eigenvalue weighted by Gasteiger charge is -2.12. The van der Waals surface area contributed by atoms with Crippen LogP contribution in [0.4, 0.5) is 5.69 Å². The monoisotopic (exact) mass is 253 g/mol. The molecule has 0 bridgehead atoms. The summed E-state index contributed by atoms with van der Waals surface area (Å²) in [5.41, 5.74) is 0.418. The van der Waals surface area contributed by atoms with Gasteiger partial charge in [0.15, 0.2) is 5.75 Å². The standard InChI is InChI=1S/C13H19NO4/c1-3-4-10(2)9-18-13-6-5-11(8-15)7-12(13)14(16)17/h5-7,10,15H,3-4,8-9H2,1-2H3. The normalized spacial score (nSPS) is 12.2. The number of nitrogens with zero attached hydrogens (tertiary/aromatic N) is 1. The van der Waals surface area contributed by atoms with E-state index in [9.17, 15) is 10.1 Å². The molecule has 0 radical (unpaired) electrons. The molecule has 0 heterocycles. The second kappa shape index (κ2) is 6.96. The fraction of sp³-hybridized carbons (Fsp3) is 0.538. The van der Waals surface area contributed by atoms with Crippen molar-refractivity contribution in [1.29, 1.82) is 0 Å². The molecule has 0 saturated carbocycles. The fourth-order valence-electron chi connectivity index (χ4n) is 1.73. The van der Waals surface area contributed by atoms with Crippen LogP contribution in [0.1, 0.15) is 32.3 Å². The van der Waals surface area contributed by atoms with Gasteiger partial charge in [0, 0.05) is 6.07 Å². The summed E-state index contributed by atoms with van der Waals surface area (Å²) in [7, 11) is 0. The molecule has 100 valence electrons. The highest BCUT2D eigenvalue weighted by atomic mass is 16.6. The van der Waals surface area contributed by atoms with E-state index in [0.29, 0.717) is 18.1 Å². The summed E-state index contributed by atoms with van der Waals surface area (Å²) in [5, 5.41) is 19.9. The summed E-state index contributed by atoms with van der Waals surface area (Å²) in [5.74, 6) is 0.632. The minimum atomic E-state index is -0.487. The second-order valence-corrected chi connectivity index (χ2v) is 4.42. The van der Waals surface area contributed by atoms with Gasteiger partial charge in [-0.05, 0) is 24.0 Å². The van der Waals surface area contributed by atoms with Gasteiger partial charge in [0.25, 0.3) is 0 Å². The Labute approximate surface area is 107 Å². The van der Waals surface area contributed by atoms with E-state index in [0.717, 1.165) is 12.8 Å². The Hall–Kier alpha value is -1.62. The van der Waals surface area contributed by atoms with Gasteiger partial charge in [0.1, 0.15) is 0 Å². The molecule has 1 atom stereocenters. The van der Waals surface area contributed by atoms with Crippen LogP contribution in [0.15, 0.2) is 18.2 Å². The number of aliphatic hydroxyl groups is 1. The molecule has 1 aromatic rings. The average molecular weight is 253 g/mol. The maximum Gasteiger partial charge on any atom is 0.311 e. The first kappa shape index (κ1) is 14.4. The van der Waals surface area contributed by atoms with Gasteiger partial charge in [-0.15, -0.1) is 0 Å². The van der Waals surface area contributed by atoms with E-state index in [-0.39, 0.29) is 18.0 Å². The molecule has 0 aromatic heterocycles. The number of nitro benzene ring substituents is 1. The van der Waals surface area contributed by atoms with Crippen LogP contribution in [0, 0.1) is 16.0 Å². The molecule has 1 rings (SSSR count). The minimum absolute atomic E-state index is 0.0924. The van der Waals surface area contributed by atoms with Crippen molar-refractivity contribution in [1.82, 2.24) is 0 Å². The topological polar surface area (TPSA) is 72.6 Å². The predicted octanol–water partition coefficient (Wildman–Crippen LogP) is 2.90. The maximum absolute atomic E-state index is 10.9. The molecule has 0 spiro atoms. The van der Waals surface area contributed by atoms with Crippen molar-refractivity contribution >= 4 is 5.69 Å². The van der Waals surface area contributed by atoms with Crippen molar-refractivity contribution in [2.75, 3.05) is 6.61 Å². The largest absolute Gasteiger partial charge is 0.487 e. The van der Waals surface area contributed by atoms with Gasteiger partial charge in [0.05, 0.1) is 18.1 Å². The van der Waals surface area contributed by atoms with Crippen molar-refractivity contribution in [2.45, 2.75) is 33.3 Å². The lowest BCUT2D eigenvalue weighted by atomic mass is 10.1. The lowest BCUT2D eigenvalue weighted by molar-refractivity contribution is -0.386. The number of nitro groups is 1. The van der Waals surface area contributed by atoms with Crippen molar-refractivity contribution in [2.24, 2.45) is 5.92 Å². The smallest absolute Gasteiger partial charge is 0.311 e. The average Bonchev–Trinajstić information content (AvgIpc) is 2.36. The van der Waals surface area contributed by atoms with Gasteiger partial charge in [-0.25, -0.2) is 0 Å². The van der Waals surface area contributed by atoms with E-state index in [1.165, 1.54) is 6.07 Å². The Morgan fingerprint density at radius 1 is 1.50 bits per heavy atom. The van der Waals surface area contributed by atoms with E-state index in [2.05, 4.69) is 13.8 Å². The predicted molar refractivity (Wildman–Crippen MR) is 68.6 cm³/mol. The van der Waals surface area contributed by atoms with E-state index in [1.54, 1.807) is 12.1 Å². The van der Waals surface area contributed by atoms with Crippen LogP contribution < -0.4 is 4.74 Å². The highest BCUT2D eigenvalue weighted by Gasteiger charge is 2.16. The SMILES string of the molecule is CCCC(C)COc1ccc(CO)cc1[N+](=O)[O-]. The molecule has 18 heavy (non-hydrogen) atoms. The molecule has 0 fully saturated rings. The van der Waals surface area contributed by atoms with Gasteiger partial charge in [-0.2, -0.15) is 0 Å². The van der Waals surface area contributed by atoms with E-state index >= 15 is 0 Å². The highest BCUT2D eigenvalue weighted by molar-refractivity contribution is 5.48. The zero-order valence-electron chi connectivity index (χ0n) is 10.8.